The van der Waals surface area contributed by atoms with E-state index in [2.05, 4.69) is 16.0 Å². The lowest BCUT2D eigenvalue weighted by molar-refractivity contribution is -0.148. The van der Waals surface area contributed by atoms with Crippen molar-refractivity contribution in [1.82, 2.24) is 15.5 Å². The van der Waals surface area contributed by atoms with Crippen LogP contribution in [0.2, 0.25) is 0 Å². The maximum atomic E-state index is 12.4. The molecule has 1 aliphatic heterocycles. The lowest BCUT2D eigenvalue weighted by Gasteiger charge is -2.33. The van der Waals surface area contributed by atoms with Crippen LogP contribution in [0.5, 0.6) is 0 Å². The highest BCUT2D eigenvalue weighted by Gasteiger charge is 2.33. The van der Waals surface area contributed by atoms with Crippen LogP contribution >= 0.6 is 0 Å². The number of amides is 3. The van der Waals surface area contributed by atoms with Gasteiger partial charge in [0.05, 0.1) is 19.6 Å². The topological polar surface area (TPSA) is 117 Å². The molecule has 0 aliphatic carbocycles. The maximum Gasteiger partial charge on any atom is 0.307 e. The van der Waals surface area contributed by atoms with Crippen LogP contribution in [0.3, 0.4) is 0 Å². The predicted molar refractivity (Wildman–Crippen MR) is 103 cm³/mol. The number of benzene rings is 1. The molecule has 0 spiro atoms. The van der Waals surface area contributed by atoms with Gasteiger partial charge in [-0.05, 0) is 24.6 Å². The number of rotatable bonds is 8. The highest BCUT2D eigenvalue weighted by molar-refractivity contribution is 5.97. The average Bonchev–Trinajstić information content (AvgIpc) is 2.68. The minimum atomic E-state index is -0.749. The average molecular weight is 390 g/mol. The lowest BCUT2D eigenvalue weighted by Crippen LogP contribution is -2.57. The number of hydrogen-bond acceptors (Lipinski definition) is 6. The number of piperazine rings is 1. The maximum absolute atomic E-state index is 12.4. The van der Waals surface area contributed by atoms with E-state index in [4.69, 9.17) is 4.74 Å². The van der Waals surface area contributed by atoms with Crippen LogP contribution in [0.15, 0.2) is 24.3 Å². The zero-order valence-electron chi connectivity index (χ0n) is 16.1. The van der Waals surface area contributed by atoms with Gasteiger partial charge in [-0.3, -0.25) is 24.1 Å². The predicted octanol–water partition coefficient (Wildman–Crippen LogP) is 0.128. The molecule has 0 bridgehead atoms. The SMILES string of the molecule is CCCOC(=O)CC1C(=O)NCCN1CC(=O)Nc1cccc(C(=O)NC)c1. The van der Waals surface area contributed by atoms with Crippen molar-refractivity contribution in [3.8, 4) is 0 Å². The van der Waals surface area contributed by atoms with Gasteiger partial charge in [0.15, 0.2) is 0 Å². The van der Waals surface area contributed by atoms with Gasteiger partial charge in [0, 0.05) is 31.4 Å². The van der Waals surface area contributed by atoms with E-state index in [9.17, 15) is 19.2 Å². The first kappa shape index (κ1) is 21.4. The summed E-state index contributed by atoms with van der Waals surface area (Å²) in [6.45, 7) is 2.98. The molecule has 3 amide bonds. The molecule has 152 valence electrons. The molecule has 28 heavy (non-hydrogen) atoms. The van der Waals surface area contributed by atoms with Gasteiger partial charge in [0.2, 0.25) is 11.8 Å². The van der Waals surface area contributed by atoms with Gasteiger partial charge in [-0.15, -0.1) is 0 Å². The smallest absolute Gasteiger partial charge is 0.307 e. The van der Waals surface area contributed by atoms with Gasteiger partial charge in [0.25, 0.3) is 5.91 Å². The van der Waals surface area contributed by atoms with Gasteiger partial charge >= 0.3 is 5.97 Å². The third kappa shape index (κ3) is 6.05. The molecule has 1 aromatic carbocycles. The number of anilines is 1. The van der Waals surface area contributed by atoms with E-state index >= 15 is 0 Å². The zero-order chi connectivity index (χ0) is 20.5. The Kier molecular flexibility index (Phi) is 7.94. The summed E-state index contributed by atoms with van der Waals surface area (Å²) in [5.74, 6) is -1.35. The second kappa shape index (κ2) is 10.4. The molecule has 1 fully saturated rings. The third-order valence-corrected chi connectivity index (χ3v) is 4.25. The van der Waals surface area contributed by atoms with Crippen LogP contribution in [0.25, 0.3) is 0 Å². The molecule has 1 atom stereocenters. The lowest BCUT2D eigenvalue weighted by atomic mass is 10.1. The van der Waals surface area contributed by atoms with Crippen molar-refractivity contribution < 1.29 is 23.9 Å². The summed E-state index contributed by atoms with van der Waals surface area (Å²) in [5, 5.41) is 7.95. The Labute approximate surface area is 163 Å². The summed E-state index contributed by atoms with van der Waals surface area (Å²) in [7, 11) is 1.53. The summed E-state index contributed by atoms with van der Waals surface area (Å²) in [6, 6.07) is 5.80. The first-order valence-corrected chi connectivity index (χ1v) is 9.24. The fourth-order valence-electron chi connectivity index (χ4n) is 2.87. The first-order valence-electron chi connectivity index (χ1n) is 9.24. The standard InChI is InChI=1S/C19H26N4O5/c1-3-9-28-17(25)11-15-19(27)21-7-8-23(15)12-16(24)22-14-6-4-5-13(10-14)18(26)20-2/h4-6,10,15H,3,7-9,11-12H2,1-2H3,(H,20,26)(H,21,27)(H,22,24). The Morgan fingerprint density at radius 3 is 2.82 bits per heavy atom. The molecule has 3 N–H and O–H groups in total. The molecule has 1 aromatic rings. The highest BCUT2D eigenvalue weighted by Crippen LogP contribution is 2.13. The van der Waals surface area contributed by atoms with Crippen molar-refractivity contribution in [2.75, 3.05) is 38.6 Å². The molecule has 0 radical (unpaired) electrons. The number of carbonyl (C=O) groups excluding carboxylic acids is 4. The number of nitrogens with zero attached hydrogens (tertiary/aromatic N) is 1. The largest absolute Gasteiger partial charge is 0.466 e. The van der Waals surface area contributed by atoms with Crippen LogP contribution in [-0.2, 0) is 19.1 Å². The minimum Gasteiger partial charge on any atom is -0.466 e. The van der Waals surface area contributed by atoms with Crippen molar-refractivity contribution in [2.45, 2.75) is 25.8 Å². The van der Waals surface area contributed by atoms with Gasteiger partial charge < -0.3 is 20.7 Å². The Balaban J connectivity index is 1.99. The molecule has 0 aromatic heterocycles. The number of hydrogen-bond donors (Lipinski definition) is 3. The van der Waals surface area contributed by atoms with Gasteiger partial charge in [-0.1, -0.05) is 13.0 Å². The van der Waals surface area contributed by atoms with Gasteiger partial charge in [0.1, 0.15) is 6.04 Å². The van der Waals surface area contributed by atoms with Crippen molar-refractivity contribution >= 4 is 29.4 Å². The molecule has 1 heterocycles. The molecule has 2 rings (SSSR count). The Bertz CT molecular complexity index is 737. The summed E-state index contributed by atoms with van der Waals surface area (Å²) >= 11 is 0. The molecule has 9 nitrogen and oxygen atoms in total. The van der Waals surface area contributed by atoms with Crippen LogP contribution < -0.4 is 16.0 Å². The quantitative estimate of drug-likeness (QED) is 0.543. The van der Waals surface area contributed by atoms with Crippen molar-refractivity contribution in [3.05, 3.63) is 29.8 Å². The molecule has 1 saturated heterocycles. The Hall–Kier alpha value is -2.94. The summed E-state index contributed by atoms with van der Waals surface area (Å²) in [5.41, 5.74) is 0.903. The highest BCUT2D eigenvalue weighted by atomic mass is 16.5. The summed E-state index contributed by atoms with van der Waals surface area (Å²) in [6.07, 6.45) is 0.592. The number of carbonyl (C=O) groups is 4. The number of esters is 1. The van der Waals surface area contributed by atoms with Gasteiger partial charge in [-0.2, -0.15) is 0 Å². The molecule has 1 aliphatic rings. The van der Waals surface area contributed by atoms with Crippen molar-refractivity contribution in [2.24, 2.45) is 0 Å². The molecular weight excluding hydrogens is 364 g/mol. The van der Waals surface area contributed by atoms with Crippen LogP contribution in [0, 0.1) is 0 Å². The number of ether oxygens (including phenoxy) is 1. The third-order valence-electron chi connectivity index (χ3n) is 4.25. The van der Waals surface area contributed by atoms with Crippen molar-refractivity contribution in [3.63, 3.8) is 0 Å². The minimum absolute atomic E-state index is 0.0522. The van der Waals surface area contributed by atoms with E-state index in [0.717, 1.165) is 0 Å². The Morgan fingerprint density at radius 1 is 1.32 bits per heavy atom. The van der Waals surface area contributed by atoms with Crippen LogP contribution in [-0.4, -0.2) is 67.9 Å². The molecule has 1 unspecified atom stereocenters. The normalized spacial score (nSPS) is 16.8. The van der Waals surface area contributed by atoms with E-state index in [1.165, 1.54) is 7.05 Å². The monoisotopic (exact) mass is 390 g/mol. The van der Waals surface area contributed by atoms with Crippen LogP contribution in [0.4, 0.5) is 5.69 Å². The van der Waals surface area contributed by atoms with E-state index in [0.29, 0.717) is 37.4 Å². The summed E-state index contributed by atoms with van der Waals surface area (Å²) in [4.78, 5) is 49.9. The first-order chi connectivity index (χ1) is 13.4. The van der Waals surface area contributed by atoms with Gasteiger partial charge in [-0.25, -0.2) is 0 Å². The van der Waals surface area contributed by atoms with Crippen LogP contribution in [0.1, 0.15) is 30.1 Å². The molecular formula is C19H26N4O5. The van der Waals surface area contributed by atoms with E-state index in [1.54, 1.807) is 29.2 Å². The fourth-order valence-corrected chi connectivity index (χ4v) is 2.87. The summed E-state index contributed by atoms with van der Waals surface area (Å²) < 4.78 is 5.05. The van der Waals surface area contributed by atoms with Crippen molar-refractivity contribution in [1.29, 1.82) is 0 Å². The van der Waals surface area contributed by atoms with E-state index in [-0.39, 0.29) is 30.7 Å². The number of nitrogens with one attached hydrogen (secondary N) is 3. The molecule has 0 saturated carbocycles. The zero-order valence-corrected chi connectivity index (χ0v) is 16.1. The second-order valence-electron chi connectivity index (χ2n) is 6.41. The van der Waals surface area contributed by atoms with E-state index < -0.39 is 12.0 Å². The van der Waals surface area contributed by atoms with E-state index in [1.807, 2.05) is 6.92 Å². The fraction of sp³-hybridized carbons (Fsp3) is 0.474. The Morgan fingerprint density at radius 2 is 2.11 bits per heavy atom. The second-order valence-corrected chi connectivity index (χ2v) is 6.41. The molecule has 9 heteroatoms.